The molecule has 0 bridgehead atoms. The maximum absolute atomic E-state index is 6.08. The van der Waals surface area contributed by atoms with Gasteiger partial charge in [-0.15, -0.1) is 0 Å². The van der Waals surface area contributed by atoms with Gasteiger partial charge >= 0.3 is 0 Å². The quantitative estimate of drug-likeness (QED) is 0.311. The second-order valence-electron chi connectivity index (χ2n) is 7.33. The minimum atomic E-state index is 0.397. The Kier molecular flexibility index (Phi) is 6.24. The fourth-order valence-corrected chi connectivity index (χ4v) is 3.71. The first-order valence-electron chi connectivity index (χ1n) is 10.1. The van der Waals surface area contributed by atoms with Gasteiger partial charge in [0, 0.05) is 11.6 Å². The van der Waals surface area contributed by atoms with E-state index in [1.165, 1.54) is 11.1 Å². The molecule has 0 spiro atoms. The van der Waals surface area contributed by atoms with Gasteiger partial charge in [0.15, 0.2) is 0 Å². The van der Waals surface area contributed by atoms with E-state index in [4.69, 9.17) is 26.1 Å². The summed E-state index contributed by atoms with van der Waals surface area (Å²) in [6.45, 7) is 6.02. The monoisotopic (exact) mass is 420 g/mol. The molecule has 0 fully saturated rings. The van der Waals surface area contributed by atoms with E-state index in [9.17, 15) is 0 Å². The van der Waals surface area contributed by atoms with Gasteiger partial charge in [0.05, 0.1) is 17.6 Å². The van der Waals surface area contributed by atoms with Crippen molar-refractivity contribution in [1.82, 2.24) is 9.55 Å². The van der Waals surface area contributed by atoms with E-state index in [2.05, 4.69) is 42.7 Å². The normalized spacial score (nSPS) is 11.0. The maximum atomic E-state index is 6.08. The minimum Gasteiger partial charge on any atom is -0.493 e. The van der Waals surface area contributed by atoms with Crippen LogP contribution in [0.3, 0.4) is 0 Å². The zero-order valence-electron chi connectivity index (χ0n) is 17.3. The van der Waals surface area contributed by atoms with Crippen molar-refractivity contribution in [1.29, 1.82) is 0 Å². The molecule has 0 aliphatic heterocycles. The van der Waals surface area contributed by atoms with Crippen LogP contribution in [-0.2, 0) is 13.2 Å². The summed E-state index contributed by atoms with van der Waals surface area (Å²) in [7, 11) is 0. The smallest absolute Gasteiger partial charge is 0.147 e. The molecular weight excluding hydrogens is 396 g/mol. The number of para-hydroxylation sites is 3. The van der Waals surface area contributed by atoms with Crippen LogP contribution >= 0.6 is 11.6 Å². The Bertz CT molecular complexity index is 1120. The lowest BCUT2D eigenvalue weighted by Gasteiger charge is -2.13. The van der Waals surface area contributed by atoms with E-state index in [1.54, 1.807) is 0 Å². The Morgan fingerprint density at radius 1 is 0.867 bits per heavy atom. The number of rotatable bonds is 8. The van der Waals surface area contributed by atoms with Crippen LogP contribution in [0.1, 0.15) is 23.4 Å². The highest BCUT2D eigenvalue weighted by molar-refractivity contribution is 6.30. The van der Waals surface area contributed by atoms with Crippen molar-refractivity contribution in [3.05, 3.63) is 88.7 Å². The zero-order chi connectivity index (χ0) is 20.9. The number of imidazole rings is 1. The molecule has 1 heterocycles. The minimum absolute atomic E-state index is 0.397. The number of ether oxygens (including phenoxy) is 2. The molecule has 0 radical (unpaired) electrons. The number of fused-ring (bicyclic) bond motifs is 1. The molecule has 0 unspecified atom stereocenters. The maximum Gasteiger partial charge on any atom is 0.147 e. The largest absolute Gasteiger partial charge is 0.493 e. The molecule has 0 N–H and O–H groups in total. The van der Waals surface area contributed by atoms with E-state index >= 15 is 0 Å². The Morgan fingerprint density at radius 2 is 1.60 bits per heavy atom. The van der Waals surface area contributed by atoms with Crippen LogP contribution in [0.25, 0.3) is 11.0 Å². The standard InChI is InChI=1S/C25H25ClN2O2/c1-18-7-5-8-19(2)25(18)29-16-6-15-28-23-10-4-3-9-22(23)27-24(28)17-30-21-13-11-20(26)12-14-21/h3-5,7-14H,6,15-17H2,1-2H3. The second-order valence-corrected chi connectivity index (χ2v) is 7.77. The van der Waals surface area contributed by atoms with Gasteiger partial charge in [-0.2, -0.15) is 0 Å². The van der Waals surface area contributed by atoms with Gasteiger partial charge in [0.2, 0.25) is 0 Å². The number of hydrogen-bond donors (Lipinski definition) is 0. The fourth-order valence-electron chi connectivity index (χ4n) is 3.59. The highest BCUT2D eigenvalue weighted by Gasteiger charge is 2.11. The Balaban J connectivity index is 1.45. The van der Waals surface area contributed by atoms with Crippen molar-refractivity contribution in [2.45, 2.75) is 33.4 Å². The molecule has 0 saturated heterocycles. The van der Waals surface area contributed by atoms with E-state index in [0.29, 0.717) is 18.2 Å². The first-order valence-corrected chi connectivity index (χ1v) is 10.5. The molecule has 4 nitrogen and oxygen atoms in total. The predicted molar refractivity (Wildman–Crippen MR) is 122 cm³/mol. The topological polar surface area (TPSA) is 36.3 Å². The summed E-state index contributed by atoms with van der Waals surface area (Å²) in [5, 5.41) is 0.693. The summed E-state index contributed by atoms with van der Waals surface area (Å²) >= 11 is 5.96. The Labute approximate surface area is 182 Å². The Hall–Kier alpha value is -2.98. The number of nitrogens with zero attached hydrogens (tertiary/aromatic N) is 2. The van der Waals surface area contributed by atoms with E-state index in [0.717, 1.165) is 41.3 Å². The van der Waals surface area contributed by atoms with Crippen LogP contribution in [-0.4, -0.2) is 16.2 Å². The summed E-state index contributed by atoms with van der Waals surface area (Å²) in [5.74, 6) is 2.66. The molecule has 30 heavy (non-hydrogen) atoms. The molecule has 4 aromatic rings. The third kappa shape index (κ3) is 4.60. The highest BCUT2D eigenvalue weighted by Crippen LogP contribution is 2.23. The van der Waals surface area contributed by atoms with Gasteiger partial charge in [-0.25, -0.2) is 4.98 Å². The van der Waals surface area contributed by atoms with E-state index in [1.807, 2.05) is 42.5 Å². The van der Waals surface area contributed by atoms with Crippen molar-refractivity contribution in [3.63, 3.8) is 0 Å². The van der Waals surface area contributed by atoms with Gasteiger partial charge in [-0.05, 0) is 67.8 Å². The van der Waals surface area contributed by atoms with Crippen molar-refractivity contribution in [3.8, 4) is 11.5 Å². The molecule has 0 aliphatic rings. The number of aryl methyl sites for hydroxylation is 3. The van der Waals surface area contributed by atoms with Crippen LogP contribution < -0.4 is 9.47 Å². The van der Waals surface area contributed by atoms with E-state index in [-0.39, 0.29) is 0 Å². The van der Waals surface area contributed by atoms with Gasteiger partial charge < -0.3 is 14.0 Å². The van der Waals surface area contributed by atoms with Crippen molar-refractivity contribution in [2.24, 2.45) is 0 Å². The molecule has 0 amide bonds. The lowest BCUT2D eigenvalue weighted by atomic mass is 10.1. The number of aromatic nitrogens is 2. The van der Waals surface area contributed by atoms with Crippen LogP contribution in [0, 0.1) is 13.8 Å². The SMILES string of the molecule is Cc1cccc(C)c1OCCCn1c(COc2ccc(Cl)cc2)nc2ccccc21. The number of halogens is 1. The summed E-state index contributed by atoms with van der Waals surface area (Å²) in [5.41, 5.74) is 4.42. The van der Waals surface area contributed by atoms with Crippen LogP contribution in [0.2, 0.25) is 5.02 Å². The van der Waals surface area contributed by atoms with Crippen LogP contribution in [0.15, 0.2) is 66.7 Å². The number of benzene rings is 3. The van der Waals surface area contributed by atoms with Gasteiger partial charge in [0.1, 0.15) is 23.9 Å². The van der Waals surface area contributed by atoms with E-state index < -0.39 is 0 Å². The van der Waals surface area contributed by atoms with Gasteiger partial charge in [0.25, 0.3) is 0 Å². The second kappa shape index (κ2) is 9.23. The molecule has 0 atom stereocenters. The average molecular weight is 421 g/mol. The molecule has 3 aromatic carbocycles. The van der Waals surface area contributed by atoms with Crippen molar-refractivity contribution < 1.29 is 9.47 Å². The summed E-state index contributed by atoms with van der Waals surface area (Å²) in [6.07, 6.45) is 0.877. The fraction of sp³-hybridized carbons (Fsp3) is 0.240. The van der Waals surface area contributed by atoms with Crippen molar-refractivity contribution in [2.75, 3.05) is 6.61 Å². The van der Waals surface area contributed by atoms with Gasteiger partial charge in [-0.1, -0.05) is 41.9 Å². The van der Waals surface area contributed by atoms with Gasteiger partial charge in [-0.3, -0.25) is 0 Å². The molecular formula is C25H25ClN2O2. The third-order valence-corrected chi connectivity index (χ3v) is 5.35. The molecule has 154 valence electrons. The number of hydrogen-bond acceptors (Lipinski definition) is 3. The summed E-state index contributed by atoms with van der Waals surface area (Å²) in [4.78, 5) is 4.78. The van der Waals surface area contributed by atoms with Crippen LogP contribution in [0.4, 0.5) is 0 Å². The molecule has 1 aromatic heterocycles. The molecule has 0 saturated carbocycles. The Morgan fingerprint density at radius 3 is 2.37 bits per heavy atom. The third-order valence-electron chi connectivity index (χ3n) is 5.10. The first kappa shape index (κ1) is 20.3. The molecule has 4 rings (SSSR count). The molecule has 0 aliphatic carbocycles. The van der Waals surface area contributed by atoms with Crippen LogP contribution in [0.5, 0.6) is 11.5 Å². The highest BCUT2D eigenvalue weighted by atomic mass is 35.5. The summed E-state index contributed by atoms with van der Waals surface area (Å²) < 4.78 is 14.3. The van der Waals surface area contributed by atoms with Crippen molar-refractivity contribution >= 4 is 22.6 Å². The summed E-state index contributed by atoms with van der Waals surface area (Å²) in [6, 6.07) is 21.8. The average Bonchev–Trinajstić information content (AvgIpc) is 3.10. The first-order chi connectivity index (χ1) is 14.6. The predicted octanol–water partition coefficient (Wildman–Crippen LogP) is 6.35. The zero-order valence-corrected chi connectivity index (χ0v) is 18.0. The lowest BCUT2D eigenvalue weighted by Crippen LogP contribution is -2.10. The lowest BCUT2D eigenvalue weighted by molar-refractivity contribution is 0.279. The molecule has 5 heteroatoms.